The SMILES string of the molecule is CN1CCC(CC(N)C2CCCC2)C1. The molecule has 1 saturated heterocycles. The van der Waals surface area contributed by atoms with E-state index in [9.17, 15) is 0 Å². The molecule has 2 atom stereocenters. The summed E-state index contributed by atoms with van der Waals surface area (Å²) in [5.74, 6) is 1.73. The second kappa shape index (κ2) is 4.63. The lowest BCUT2D eigenvalue weighted by Crippen LogP contribution is -2.31. The van der Waals surface area contributed by atoms with Gasteiger partial charge in [0, 0.05) is 12.6 Å². The molecule has 0 spiro atoms. The van der Waals surface area contributed by atoms with Crippen LogP contribution in [0.4, 0.5) is 0 Å². The lowest BCUT2D eigenvalue weighted by molar-refractivity contribution is 0.332. The molecule has 0 bridgehead atoms. The molecule has 1 heterocycles. The second-order valence-corrected chi connectivity index (χ2v) is 5.36. The highest BCUT2D eigenvalue weighted by Gasteiger charge is 2.27. The summed E-state index contributed by atoms with van der Waals surface area (Å²) in [6, 6.07) is 0.494. The highest BCUT2D eigenvalue weighted by Crippen LogP contribution is 2.30. The Morgan fingerprint density at radius 1 is 1.29 bits per heavy atom. The van der Waals surface area contributed by atoms with Crippen molar-refractivity contribution in [1.29, 1.82) is 0 Å². The van der Waals surface area contributed by atoms with E-state index in [4.69, 9.17) is 5.73 Å². The largest absolute Gasteiger partial charge is 0.327 e. The Bertz CT molecular complexity index is 175. The molecule has 82 valence electrons. The maximum atomic E-state index is 6.29. The summed E-state index contributed by atoms with van der Waals surface area (Å²) >= 11 is 0. The molecule has 0 aromatic rings. The molecule has 0 radical (unpaired) electrons. The molecule has 1 aliphatic carbocycles. The van der Waals surface area contributed by atoms with Crippen LogP contribution in [-0.2, 0) is 0 Å². The van der Waals surface area contributed by atoms with Gasteiger partial charge in [0.2, 0.25) is 0 Å². The molecule has 0 aromatic carbocycles. The molecular weight excluding hydrogens is 172 g/mol. The molecule has 0 aromatic heterocycles. The smallest absolute Gasteiger partial charge is 0.00702 e. The second-order valence-electron chi connectivity index (χ2n) is 5.36. The molecule has 14 heavy (non-hydrogen) atoms. The van der Waals surface area contributed by atoms with Gasteiger partial charge < -0.3 is 10.6 Å². The number of likely N-dealkylation sites (tertiary alicyclic amines) is 1. The lowest BCUT2D eigenvalue weighted by Gasteiger charge is -2.22. The summed E-state index contributed by atoms with van der Waals surface area (Å²) in [7, 11) is 2.22. The molecule has 2 heteroatoms. The number of nitrogens with zero attached hydrogens (tertiary/aromatic N) is 1. The molecule has 2 aliphatic rings. The Morgan fingerprint density at radius 3 is 2.57 bits per heavy atom. The quantitative estimate of drug-likeness (QED) is 0.746. The molecule has 0 amide bonds. The first kappa shape index (κ1) is 10.4. The normalized spacial score (nSPS) is 32.6. The van der Waals surface area contributed by atoms with Gasteiger partial charge in [-0.1, -0.05) is 12.8 Å². The van der Waals surface area contributed by atoms with E-state index in [2.05, 4.69) is 11.9 Å². The zero-order valence-electron chi connectivity index (χ0n) is 9.41. The molecule has 2 rings (SSSR count). The molecule has 1 aliphatic heterocycles. The van der Waals surface area contributed by atoms with Gasteiger partial charge in [-0.25, -0.2) is 0 Å². The maximum Gasteiger partial charge on any atom is 0.00702 e. The average Bonchev–Trinajstić information content (AvgIpc) is 2.75. The first-order valence-electron chi connectivity index (χ1n) is 6.20. The van der Waals surface area contributed by atoms with E-state index in [1.165, 1.54) is 51.6 Å². The minimum atomic E-state index is 0.494. The number of hydrogen-bond donors (Lipinski definition) is 1. The van der Waals surface area contributed by atoms with E-state index in [1.54, 1.807) is 0 Å². The fourth-order valence-electron chi connectivity index (χ4n) is 3.18. The van der Waals surface area contributed by atoms with Gasteiger partial charge in [0.25, 0.3) is 0 Å². The molecule has 2 unspecified atom stereocenters. The van der Waals surface area contributed by atoms with E-state index < -0.39 is 0 Å². The van der Waals surface area contributed by atoms with Crippen molar-refractivity contribution < 1.29 is 0 Å². The van der Waals surface area contributed by atoms with Crippen molar-refractivity contribution in [3.8, 4) is 0 Å². The van der Waals surface area contributed by atoms with Gasteiger partial charge in [-0.3, -0.25) is 0 Å². The minimum absolute atomic E-state index is 0.494. The summed E-state index contributed by atoms with van der Waals surface area (Å²) in [6.45, 7) is 2.56. The van der Waals surface area contributed by atoms with E-state index in [-0.39, 0.29) is 0 Å². The molecule has 1 saturated carbocycles. The molecular formula is C12H24N2. The van der Waals surface area contributed by atoms with Crippen LogP contribution < -0.4 is 5.73 Å². The van der Waals surface area contributed by atoms with Crippen LogP contribution in [-0.4, -0.2) is 31.1 Å². The van der Waals surface area contributed by atoms with E-state index in [0.29, 0.717) is 6.04 Å². The summed E-state index contributed by atoms with van der Waals surface area (Å²) < 4.78 is 0. The fourth-order valence-corrected chi connectivity index (χ4v) is 3.18. The van der Waals surface area contributed by atoms with Crippen molar-refractivity contribution in [3.05, 3.63) is 0 Å². The molecule has 2 fully saturated rings. The van der Waals surface area contributed by atoms with Gasteiger partial charge in [-0.15, -0.1) is 0 Å². The van der Waals surface area contributed by atoms with Gasteiger partial charge in [0.15, 0.2) is 0 Å². The van der Waals surface area contributed by atoms with E-state index in [1.807, 2.05) is 0 Å². The minimum Gasteiger partial charge on any atom is -0.327 e. The number of hydrogen-bond acceptors (Lipinski definition) is 2. The summed E-state index contributed by atoms with van der Waals surface area (Å²) in [6.07, 6.45) is 8.27. The predicted octanol–water partition coefficient (Wildman–Crippen LogP) is 1.85. The summed E-state index contributed by atoms with van der Waals surface area (Å²) in [5, 5.41) is 0. The van der Waals surface area contributed by atoms with Gasteiger partial charge in [-0.2, -0.15) is 0 Å². The fraction of sp³-hybridized carbons (Fsp3) is 1.00. The van der Waals surface area contributed by atoms with Crippen LogP contribution in [0, 0.1) is 11.8 Å². The molecule has 2 nitrogen and oxygen atoms in total. The standard InChI is InChI=1S/C12H24N2/c1-14-7-6-10(9-14)8-12(13)11-4-2-3-5-11/h10-12H,2-9,13H2,1H3. The zero-order chi connectivity index (χ0) is 9.97. The Kier molecular flexibility index (Phi) is 3.45. The van der Waals surface area contributed by atoms with Crippen LogP contribution >= 0.6 is 0 Å². The van der Waals surface area contributed by atoms with Crippen LogP contribution in [0.1, 0.15) is 38.5 Å². The average molecular weight is 196 g/mol. The maximum absolute atomic E-state index is 6.29. The third-order valence-corrected chi connectivity index (χ3v) is 4.10. The first-order chi connectivity index (χ1) is 6.75. The van der Waals surface area contributed by atoms with Crippen LogP contribution in [0.15, 0.2) is 0 Å². The van der Waals surface area contributed by atoms with Crippen molar-refractivity contribution in [2.24, 2.45) is 17.6 Å². The number of rotatable bonds is 3. The zero-order valence-corrected chi connectivity index (χ0v) is 9.41. The monoisotopic (exact) mass is 196 g/mol. The topological polar surface area (TPSA) is 29.3 Å². The van der Waals surface area contributed by atoms with Crippen LogP contribution in [0.2, 0.25) is 0 Å². The van der Waals surface area contributed by atoms with Crippen molar-refractivity contribution in [3.63, 3.8) is 0 Å². The van der Waals surface area contributed by atoms with Crippen LogP contribution in [0.3, 0.4) is 0 Å². The first-order valence-corrected chi connectivity index (χ1v) is 6.20. The van der Waals surface area contributed by atoms with Gasteiger partial charge in [0.1, 0.15) is 0 Å². The predicted molar refractivity (Wildman–Crippen MR) is 60.2 cm³/mol. The van der Waals surface area contributed by atoms with Crippen molar-refractivity contribution >= 4 is 0 Å². The number of nitrogens with two attached hydrogens (primary N) is 1. The van der Waals surface area contributed by atoms with Crippen molar-refractivity contribution in [2.45, 2.75) is 44.6 Å². The molecule has 2 N–H and O–H groups in total. The van der Waals surface area contributed by atoms with Crippen molar-refractivity contribution in [2.75, 3.05) is 20.1 Å². The Labute approximate surface area is 87.8 Å². The Hall–Kier alpha value is -0.0800. The highest BCUT2D eigenvalue weighted by molar-refractivity contribution is 4.83. The van der Waals surface area contributed by atoms with Crippen LogP contribution in [0.25, 0.3) is 0 Å². The highest BCUT2D eigenvalue weighted by atomic mass is 15.1. The summed E-state index contributed by atoms with van der Waals surface area (Å²) in [4.78, 5) is 2.44. The Morgan fingerprint density at radius 2 is 2.00 bits per heavy atom. The lowest BCUT2D eigenvalue weighted by atomic mass is 9.90. The van der Waals surface area contributed by atoms with Crippen LogP contribution in [0.5, 0.6) is 0 Å². The Balaban J connectivity index is 1.73. The van der Waals surface area contributed by atoms with Gasteiger partial charge in [-0.05, 0) is 51.1 Å². The van der Waals surface area contributed by atoms with Gasteiger partial charge >= 0.3 is 0 Å². The third-order valence-electron chi connectivity index (χ3n) is 4.10. The van der Waals surface area contributed by atoms with E-state index >= 15 is 0 Å². The summed E-state index contributed by atoms with van der Waals surface area (Å²) in [5.41, 5.74) is 6.29. The van der Waals surface area contributed by atoms with E-state index in [0.717, 1.165) is 11.8 Å². The third kappa shape index (κ3) is 2.48. The van der Waals surface area contributed by atoms with Gasteiger partial charge in [0.05, 0.1) is 0 Å². The van der Waals surface area contributed by atoms with Crippen molar-refractivity contribution in [1.82, 2.24) is 4.90 Å².